The Morgan fingerprint density at radius 2 is 1.56 bits per heavy atom. The predicted octanol–water partition coefficient (Wildman–Crippen LogP) is 2.98. The molecule has 27 heavy (non-hydrogen) atoms. The fraction of sp³-hybridized carbons (Fsp3) is 0.350. The van der Waals surface area contributed by atoms with E-state index < -0.39 is 27.1 Å². The number of hydrogen-bond acceptors (Lipinski definition) is 4. The van der Waals surface area contributed by atoms with Gasteiger partial charge in [0.2, 0.25) is 10.0 Å². The highest BCUT2D eigenvalue weighted by Gasteiger charge is 2.46. The fourth-order valence-electron chi connectivity index (χ4n) is 2.87. The van der Waals surface area contributed by atoms with Crippen LogP contribution < -0.4 is 10.0 Å². The first kappa shape index (κ1) is 21.1. The van der Waals surface area contributed by atoms with Crippen LogP contribution >= 0.6 is 0 Å². The van der Waals surface area contributed by atoms with Crippen molar-refractivity contribution in [2.45, 2.75) is 50.7 Å². The zero-order valence-electron chi connectivity index (χ0n) is 16.2. The van der Waals surface area contributed by atoms with E-state index in [1.165, 1.54) is 24.3 Å². The largest absolute Gasteiger partial charge is 0.372 e. The van der Waals surface area contributed by atoms with Crippen molar-refractivity contribution in [3.05, 3.63) is 59.7 Å². The second-order valence-corrected chi connectivity index (χ2v) is 8.77. The van der Waals surface area contributed by atoms with Gasteiger partial charge in [-0.15, -0.1) is 0 Å². The SMILES string of the molecule is CC.CC(C)(C)NS(=O)(=O)c1ccc(C2(O)C(=O)Nc3ccccc32)cc1. The molecule has 2 aromatic rings. The summed E-state index contributed by atoms with van der Waals surface area (Å²) in [7, 11) is -3.68. The van der Waals surface area contributed by atoms with Crippen molar-refractivity contribution in [3.63, 3.8) is 0 Å². The smallest absolute Gasteiger partial charge is 0.265 e. The lowest BCUT2D eigenvalue weighted by Gasteiger charge is -2.23. The number of carbonyl (C=O) groups excluding carboxylic acids is 1. The minimum absolute atomic E-state index is 0.0708. The lowest BCUT2D eigenvalue weighted by Crippen LogP contribution is -2.40. The van der Waals surface area contributed by atoms with E-state index in [-0.39, 0.29) is 4.90 Å². The van der Waals surface area contributed by atoms with Crippen LogP contribution in [-0.2, 0) is 20.4 Å². The molecule has 0 aliphatic carbocycles. The molecule has 1 heterocycles. The van der Waals surface area contributed by atoms with E-state index in [9.17, 15) is 18.3 Å². The first-order chi connectivity index (χ1) is 12.5. The predicted molar refractivity (Wildman–Crippen MR) is 106 cm³/mol. The van der Waals surface area contributed by atoms with Crippen molar-refractivity contribution in [2.75, 3.05) is 5.32 Å². The lowest BCUT2D eigenvalue weighted by molar-refractivity contribution is -0.129. The number of aliphatic hydroxyl groups is 1. The van der Waals surface area contributed by atoms with Crippen LogP contribution in [0.1, 0.15) is 45.7 Å². The molecule has 2 aromatic carbocycles. The van der Waals surface area contributed by atoms with E-state index in [0.717, 1.165) is 0 Å². The van der Waals surface area contributed by atoms with E-state index in [0.29, 0.717) is 16.8 Å². The second kappa shape index (κ2) is 7.42. The summed E-state index contributed by atoms with van der Waals surface area (Å²) in [5.74, 6) is -0.558. The summed E-state index contributed by atoms with van der Waals surface area (Å²) in [4.78, 5) is 12.4. The Labute approximate surface area is 160 Å². The highest BCUT2D eigenvalue weighted by atomic mass is 32.2. The summed E-state index contributed by atoms with van der Waals surface area (Å²) in [5, 5.41) is 13.6. The van der Waals surface area contributed by atoms with Crippen LogP contribution in [0.3, 0.4) is 0 Å². The molecule has 7 heteroatoms. The average molecular weight is 391 g/mol. The third-order valence-corrected chi connectivity index (χ3v) is 5.69. The first-order valence-electron chi connectivity index (χ1n) is 8.82. The van der Waals surface area contributed by atoms with Gasteiger partial charge in [0, 0.05) is 16.8 Å². The fourth-order valence-corrected chi connectivity index (χ4v) is 4.29. The molecule has 3 N–H and O–H groups in total. The summed E-state index contributed by atoms with van der Waals surface area (Å²) in [6.07, 6.45) is 0. The monoisotopic (exact) mass is 390 g/mol. The van der Waals surface area contributed by atoms with Crippen molar-refractivity contribution in [1.29, 1.82) is 0 Å². The Balaban J connectivity index is 0.00000126. The van der Waals surface area contributed by atoms with Crippen LogP contribution in [0.2, 0.25) is 0 Å². The van der Waals surface area contributed by atoms with Gasteiger partial charge in [-0.2, -0.15) is 0 Å². The van der Waals surface area contributed by atoms with E-state index in [1.54, 1.807) is 45.0 Å². The molecule has 0 radical (unpaired) electrons. The summed E-state index contributed by atoms with van der Waals surface area (Å²) in [6.45, 7) is 9.25. The molecule has 1 aliphatic rings. The van der Waals surface area contributed by atoms with Gasteiger partial charge in [0.25, 0.3) is 5.91 Å². The minimum Gasteiger partial charge on any atom is -0.372 e. The van der Waals surface area contributed by atoms with Gasteiger partial charge >= 0.3 is 0 Å². The van der Waals surface area contributed by atoms with Crippen LogP contribution in [0.15, 0.2) is 53.4 Å². The van der Waals surface area contributed by atoms with Gasteiger partial charge < -0.3 is 10.4 Å². The number of anilines is 1. The molecule has 1 amide bonds. The van der Waals surface area contributed by atoms with Crippen molar-refractivity contribution in [1.82, 2.24) is 4.72 Å². The highest BCUT2D eigenvalue weighted by molar-refractivity contribution is 7.89. The first-order valence-corrected chi connectivity index (χ1v) is 10.3. The maximum Gasteiger partial charge on any atom is 0.265 e. The number of para-hydroxylation sites is 1. The quantitative estimate of drug-likeness (QED) is 0.751. The Hall–Kier alpha value is -2.22. The highest BCUT2D eigenvalue weighted by Crippen LogP contribution is 2.40. The average Bonchev–Trinajstić information content (AvgIpc) is 2.87. The minimum atomic E-state index is -3.68. The number of amides is 1. The van der Waals surface area contributed by atoms with Gasteiger partial charge in [-0.1, -0.05) is 44.2 Å². The molecular formula is C20H26N2O4S. The van der Waals surface area contributed by atoms with Crippen LogP contribution in [0.5, 0.6) is 0 Å². The van der Waals surface area contributed by atoms with Crippen LogP contribution in [0.25, 0.3) is 0 Å². The summed E-state index contributed by atoms with van der Waals surface area (Å²) in [5.41, 5.74) is -1.15. The number of nitrogens with one attached hydrogen (secondary N) is 2. The molecule has 6 nitrogen and oxygen atoms in total. The van der Waals surface area contributed by atoms with Gasteiger partial charge in [0.15, 0.2) is 5.60 Å². The molecular weight excluding hydrogens is 364 g/mol. The molecule has 0 saturated heterocycles. The zero-order chi connectivity index (χ0) is 20.5. The van der Waals surface area contributed by atoms with Gasteiger partial charge in [-0.05, 0) is 44.5 Å². The molecule has 0 bridgehead atoms. The van der Waals surface area contributed by atoms with Gasteiger partial charge in [0.1, 0.15) is 0 Å². The summed E-state index contributed by atoms with van der Waals surface area (Å²) >= 11 is 0. The number of carbonyl (C=O) groups is 1. The summed E-state index contributed by atoms with van der Waals surface area (Å²) in [6, 6.07) is 12.5. The molecule has 1 atom stereocenters. The molecule has 0 aromatic heterocycles. The van der Waals surface area contributed by atoms with E-state index in [1.807, 2.05) is 13.8 Å². The van der Waals surface area contributed by atoms with Gasteiger partial charge in [0.05, 0.1) is 4.90 Å². The standard InChI is InChI=1S/C18H20N2O4S.C2H6/c1-17(2,3)20-25(23,24)13-10-8-12(9-11-13)18(22)14-6-4-5-7-15(14)19-16(18)21;1-2/h4-11,20,22H,1-3H3,(H,19,21);1-2H3. The zero-order valence-corrected chi connectivity index (χ0v) is 17.0. The molecule has 0 saturated carbocycles. The Bertz CT molecular complexity index is 931. The van der Waals surface area contributed by atoms with E-state index in [4.69, 9.17) is 0 Å². The second-order valence-electron chi connectivity index (χ2n) is 7.09. The Morgan fingerprint density at radius 3 is 2.11 bits per heavy atom. The van der Waals surface area contributed by atoms with Crippen LogP contribution in [-0.4, -0.2) is 25.0 Å². The number of fused-ring (bicyclic) bond motifs is 1. The maximum atomic E-state index is 12.4. The Kier molecular flexibility index (Phi) is 5.79. The third kappa shape index (κ3) is 4.05. The Morgan fingerprint density at radius 1 is 1.00 bits per heavy atom. The molecule has 3 rings (SSSR count). The van der Waals surface area contributed by atoms with Crippen molar-refractivity contribution >= 4 is 21.6 Å². The normalized spacial score (nSPS) is 19.0. The van der Waals surface area contributed by atoms with Gasteiger partial charge in [-0.25, -0.2) is 13.1 Å². The molecule has 0 spiro atoms. The maximum absolute atomic E-state index is 12.4. The van der Waals surface area contributed by atoms with E-state index >= 15 is 0 Å². The van der Waals surface area contributed by atoms with Gasteiger partial charge in [-0.3, -0.25) is 4.79 Å². The van der Waals surface area contributed by atoms with E-state index in [2.05, 4.69) is 10.0 Å². The number of hydrogen-bond donors (Lipinski definition) is 3. The van der Waals surface area contributed by atoms with Crippen LogP contribution in [0, 0.1) is 0 Å². The van der Waals surface area contributed by atoms with Crippen molar-refractivity contribution in [2.24, 2.45) is 0 Å². The third-order valence-electron chi connectivity index (χ3n) is 3.92. The number of sulfonamides is 1. The molecule has 146 valence electrons. The molecule has 1 unspecified atom stereocenters. The van der Waals surface area contributed by atoms with Crippen molar-refractivity contribution < 1.29 is 18.3 Å². The number of rotatable bonds is 3. The summed E-state index contributed by atoms with van der Waals surface area (Å²) < 4.78 is 27.3. The van der Waals surface area contributed by atoms with Crippen LogP contribution in [0.4, 0.5) is 5.69 Å². The molecule has 0 fully saturated rings. The molecule has 1 aliphatic heterocycles. The van der Waals surface area contributed by atoms with Crippen molar-refractivity contribution in [3.8, 4) is 0 Å². The topological polar surface area (TPSA) is 95.5 Å². The lowest BCUT2D eigenvalue weighted by atomic mass is 9.88. The number of benzene rings is 2.